The molecule has 1 fully saturated rings. The molecule has 1 unspecified atom stereocenters. The zero-order chi connectivity index (χ0) is 13.4. The Bertz CT molecular complexity index is 294. The molecule has 0 bridgehead atoms. The van der Waals surface area contributed by atoms with Gasteiger partial charge in [-0.2, -0.15) is 0 Å². The Morgan fingerprint density at radius 1 is 1.41 bits per heavy atom. The van der Waals surface area contributed by atoms with Crippen LogP contribution in [0.4, 0.5) is 0 Å². The van der Waals surface area contributed by atoms with Gasteiger partial charge < -0.3 is 10.0 Å². The van der Waals surface area contributed by atoms with Crippen molar-refractivity contribution in [1.29, 1.82) is 0 Å². The number of nitrogens with zero attached hydrogens (tertiary/aromatic N) is 2. The summed E-state index contributed by atoms with van der Waals surface area (Å²) in [6.07, 6.45) is 0.504. The number of hydrogen-bond acceptors (Lipinski definition) is 3. The van der Waals surface area contributed by atoms with E-state index in [4.69, 9.17) is 0 Å². The lowest BCUT2D eigenvalue weighted by Gasteiger charge is -2.56. The minimum absolute atomic E-state index is 0.0485. The van der Waals surface area contributed by atoms with Crippen LogP contribution in [-0.2, 0) is 4.79 Å². The first kappa shape index (κ1) is 14.5. The Balaban J connectivity index is 3.12. The van der Waals surface area contributed by atoms with Crippen molar-refractivity contribution < 1.29 is 9.90 Å². The van der Waals surface area contributed by atoms with Gasteiger partial charge >= 0.3 is 0 Å². The Hall–Kier alpha value is -0.610. The normalized spacial score (nSPS) is 26.4. The zero-order valence-corrected chi connectivity index (χ0v) is 11.9. The van der Waals surface area contributed by atoms with Crippen LogP contribution < -0.4 is 0 Å². The van der Waals surface area contributed by atoms with Crippen LogP contribution >= 0.6 is 0 Å². The fourth-order valence-corrected chi connectivity index (χ4v) is 3.27. The molecule has 0 aliphatic carbocycles. The first-order valence-electron chi connectivity index (χ1n) is 6.26. The molecule has 0 aromatic carbocycles. The van der Waals surface area contributed by atoms with Crippen LogP contribution in [0.5, 0.6) is 0 Å². The lowest BCUT2D eigenvalue weighted by atomic mass is 9.87. The van der Waals surface area contributed by atoms with Gasteiger partial charge in [0.2, 0.25) is 5.91 Å². The maximum absolute atomic E-state index is 12.2. The molecule has 0 aromatic heterocycles. The van der Waals surface area contributed by atoms with Gasteiger partial charge in [0.05, 0.1) is 6.04 Å². The van der Waals surface area contributed by atoms with Crippen LogP contribution in [0, 0.1) is 0 Å². The predicted molar refractivity (Wildman–Crippen MR) is 68.8 cm³/mol. The Morgan fingerprint density at radius 3 is 2.35 bits per heavy atom. The first-order valence-corrected chi connectivity index (χ1v) is 6.26. The minimum atomic E-state index is -0.214. The molecule has 100 valence electrons. The molecule has 1 N–H and O–H groups in total. The van der Waals surface area contributed by atoms with E-state index < -0.39 is 0 Å². The largest absolute Gasteiger partial charge is 0.396 e. The van der Waals surface area contributed by atoms with E-state index in [2.05, 4.69) is 39.5 Å². The predicted octanol–water partition coefficient (Wildman–Crippen LogP) is 1.09. The van der Waals surface area contributed by atoms with Gasteiger partial charge in [-0.1, -0.05) is 0 Å². The average molecular weight is 242 g/mol. The third-order valence-corrected chi connectivity index (χ3v) is 3.37. The molecule has 0 aromatic rings. The zero-order valence-electron chi connectivity index (χ0n) is 11.9. The second-order valence-electron chi connectivity index (χ2n) is 6.58. The molecule has 17 heavy (non-hydrogen) atoms. The molecule has 1 aliphatic heterocycles. The van der Waals surface area contributed by atoms with Gasteiger partial charge in [0.25, 0.3) is 0 Å². The minimum Gasteiger partial charge on any atom is -0.396 e. The molecule has 4 heteroatoms. The smallest absolute Gasteiger partial charge is 0.239 e. The summed E-state index contributed by atoms with van der Waals surface area (Å²) in [7, 11) is 1.84. The fraction of sp³-hybridized carbons (Fsp3) is 0.923. The Morgan fingerprint density at radius 2 is 1.94 bits per heavy atom. The van der Waals surface area contributed by atoms with Gasteiger partial charge in [0.15, 0.2) is 0 Å². The number of aliphatic hydroxyl groups is 1. The van der Waals surface area contributed by atoms with Crippen LogP contribution in [0.2, 0.25) is 0 Å². The summed E-state index contributed by atoms with van der Waals surface area (Å²) in [5.74, 6) is 0.119. The second kappa shape index (κ2) is 4.58. The number of likely N-dealkylation sites (N-methyl/N-ethyl adjacent to an activating group) is 1. The summed E-state index contributed by atoms with van der Waals surface area (Å²) < 4.78 is 0. The third kappa shape index (κ3) is 2.80. The number of rotatable bonds is 2. The second-order valence-corrected chi connectivity index (χ2v) is 6.58. The molecule has 1 amide bonds. The number of amides is 1. The highest BCUT2D eigenvalue weighted by atomic mass is 16.3. The highest BCUT2D eigenvalue weighted by Gasteiger charge is 2.47. The average Bonchev–Trinajstić information content (AvgIpc) is 2.10. The van der Waals surface area contributed by atoms with Gasteiger partial charge in [0, 0.05) is 31.3 Å². The molecule has 4 nitrogen and oxygen atoms in total. The van der Waals surface area contributed by atoms with E-state index in [9.17, 15) is 9.90 Å². The van der Waals surface area contributed by atoms with Crippen LogP contribution in [-0.4, -0.2) is 58.1 Å². The van der Waals surface area contributed by atoms with Crippen molar-refractivity contribution in [2.45, 2.75) is 58.2 Å². The van der Waals surface area contributed by atoms with E-state index in [0.717, 1.165) is 6.54 Å². The SMILES string of the molecule is CN1CC(C)(C)N(C(C)(C)C)C(CCO)C1=O. The van der Waals surface area contributed by atoms with Gasteiger partial charge in [-0.3, -0.25) is 9.69 Å². The van der Waals surface area contributed by atoms with Crippen LogP contribution in [0.3, 0.4) is 0 Å². The molecule has 1 rings (SSSR count). The highest BCUT2D eigenvalue weighted by Crippen LogP contribution is 2.33. The highest BCUT2D eigenvalue weighted by molar-refractivity contribution is 5.83. The van der Waals surface area contributed by atoms with E-state index in [0.29, 0.717) is 6.42 Å². The van der Waals surface area contributed by atoms with Gasteiger partial charge in [-0.25, -0.2) is 0 Å². The van der Waals surface area contributed by atoms with Crippen molar-refractivity contribution in [1.82, 2.24) is 9.80 Å². The molecule has 0 saturated carbocycles. The maximum atomic E-state index is 12.2. The number of aliphatic hydroxyl groups excluding tert-OH is 1. The molecule has 1 saturated heterocycles. The number of carbonyl (C=O) groups excluding carboxylic acids is 1. The van der Waals surface area contributed by atoms with E-state index in [-0.39, 0.29) is 29.6 Å². The van der Waals surface area contributed by atoms with E-state index >= 15 is 0 Å². The molecular formula is C13H26N2O2. The van der Waals surface area contributed by atoms with Gasteiger partial charge in [0.1, 0.15) is 0 Å². The first-order chi connectivity index (χ1) is 7.61. The molecule has 1 aliphatic rings. The third-order valence-electron chi connectivity index (χ3n) is 3.37. The summed E-state index contributed by atoms with van der Waals surface area (Å²) in [6, 6.07) is -0.214. The molecule has 1 atom stereocenters. The monoisotopic (exact) mass is 242 g/mol. The lowest BCUT2D eigenvalue weighted by Crippen LogP contribution is -2.70. The number of piperazine rings is 1. The topological polar surface area (TPSA) is 43.8 Å². The molecular weight excluding hydrogens is 216 g/mol. The lowest BCUT2D eigenvalue weighted by molar-refractivity contribution is -0.157. The Kier molecular flexibility index (Phi) is 3.89. The Labute approximate surface area is 105 Å². The fourth-order valence-electron chi connectivity index (χ4n) is 3.27. The molecule has 0 radical (unpaired) electrons. The van der Waals surface area contributed by atoms with Crippen LogP contribution in [0.1, 0.15) is 41.0 Å². The van der Waals surface area contributed by atoms with Crippen molar-refractivity contribution >= 4 is 5.91 Å². The number of carbonyl (C=O) groups is 1. The van der Waals surface area contributed by atoms with Crippen molar-refractivity contribution in [3.05, 3.63) is 0 Å². The summed E-state index contributed by atoms with van der Waals surface area (Å²) in [5.41, 5.74) is -0.152. The van der Waals surface area contributed by atoms with Crippen molar-refractivity contribution in [2.75, 3.05) is 20.2 Å². The maximum Gasteiger partial charge on any atom is 0.239 e. The van der Waals surface area contributed by atoms with E-state index in [1.165, 1.54) is 0 Å². The van der Waals surface area contributed by atoms with Crippen molar-refractivity contribution in [3.63, 3.8) is 0 Å². The summed E-state index contributed by atoms with van der Waals surface area (Å²) in [5, 5.41) is 9.18. The summed E-state index contributed by atoms with van der Waals surface area (Å²) in [4.78, 5) is 16.3. The standard InChI is InChI=1S/C13H26N2O2/c1-12(2,3)15-10(7-8-16)11(17)14(6)9-13(15,4)5/h10,16H,7-9H2,1-6H3. The molecule has 0 spiro atoms. The van der Waals surface area contributed by atoms with E-state index in [1.54, 1.807) is 4.90 Å². The quantitative estimate of drug-likeness (QED) is 0.788. The van der Waals surface area contributed by atoms with Crippen LogP contribution in [0.25, 0.3) is 0 Å². The molecule has 1 heterocycles. The summed E-state index contributed by atoms with van der Waals surface area (Å²) in [6.45, 7) is 11.5. The van der Waals surface area contributed by atoms with Gasteiger partial charge in [-0.15, -0.1) is 0 Å². The van der Waals surface area contributed by atoms with Crippen molar-refractivity contribution in [3.8, 4) is 0 Å². The van der Waals surface area contributed by atoms with Gasteiger partial charge in [-0.05, 0) is 41.0 Å². The van der Waals surface area contributed by atoms with Crippen LogP contribution in [0.15, 0.2) is 0 Å². The van der Waals surface area contributed by atoms with Crippen molar-refractivity contribution in [2.24, 2.45) is 0 Å². The van der Waals surface area contributed by atoms with E-state index in [1.807, 2.05) is 7.05 Å². The number of hydrogen-bond donors (Lipinski definition) is 1. The summed E-state index contributed by atoms with van der Waals surface area (Å²) >= 11 is 0.